The molecule has 0 N–H and O–H groups in total. The van der Waals surface area contributed by atoms with E-state index in [0.29, 0.717) is 0 Å². The molecule has 5 aliphatic carbocycles. The number of Topliss-reactive ketones (excluding diaryl/α,β-unsaturated/α-hetero) is 1. The van der Waals surface area contributed by atoms with E-state index in [-0.39, 0.29) is 63.0 Å². The van der Waals surface area contributed by atoms with Gasteiger partial charge in [-0.3, -0.25) is 14.4 Å². The van der Waals surface area contributed by atoms with Gasteiger partial charge in [0.25, 0.3) is 5.91 Å². The fourth-order valence-corrected chi connectivity index (χ4v) is 9.95. The molecule has 39 heavy (non-hydrogen) atoms. The lowest BCUT2D eigenvalue weighted by Gasteiger charge is -2.66. The molecule has 0 bridgehead atoms. The summed E-state index contributed by atoms with van der Waals surface area (Å²) in [5, 5.41) is 14.0. The topological polar surface area (TPSA) is 106 Å². The molecule has 7 heteroatoms. The Morgan fingerprint density at radius 3 is 2.46 bits per heavy atom. The van der Waals surface area contributed by atoms with Crippen LogP contribution in [0.1, 0.15) is 91.3 Å². The molecular weight excluding hydrogens is 488 g/mol. The third kappa shape index (κ3) is 3.24. The standard InChI is InChI=1S/C32H40N4O3/c1-19-26(38)20(16-33)14-31(6)24-13-23(37)25-21(29(24,4)10-11-30(19,31)5)7-8-32(27(39)36-18-34-17-35-36)12-9-28(2,3)15-22(25)32/h13-14,17-19,21-22,25H,7-12,15H2,1-6H3/t19-,21?,22?,25?,29-,30?,31+,32+/m0/s1. The Labute approximate surface area is 231 Å². The number of rotatable bonds is 1. The molecule has 0 aromatic carbocycles. The fourth-order valence-electron chi connectivity index (χ4n) is 9.95. The van der Waals surface area contributed by atoms with Crippen molar-refractivity contribution >= 4 is 17.5 Å². The van der Waals surface area contributed by atoms with Crippen LogP contribution in [0.3, 0.4) is 0 Å². The van der Waals surface area contributed by atoms with Gasteiger partial charge in [0, 0.05) is 17.3 Å². The lowest BCUT2D eigenvalue weighted by Crippen LogP contribution is -2.63. The summed E-state index contributed by atoms with van der Waals surface area (Å²) in [4.78, 5) is 45.6. The number of hydrogen-bond donors (Lipinski definition) is 0. The Balaban J connectivity index is 1.50. The molecule has 1 aromatic rings. The molecule has 7 nitrogen and oxygen atoms in total. The molecule has 3 saturated carbocycles. The predicted octanol–water partition coefficient (Wildman–Crippen LogP) is 5.75. The highest BCUT2D eigenvalue weighted by Crippen LogP contribution is 2.72. The van der Waals surface area contributed by atoms with Gasteiger partial charge in [-0.2, -0.15) is 15.0 Å². The van der Waals surface area contributed by atoms with Crippen molar-refractivity contribution in [1.82, 2.24) is 14.8 Å². The molecule has 0 radical (unpaired) electrons. The van der Waals surface area contributed by atoms with Gasteiger partial charge in [-0.05, 0) is 79.1 Å². The van der Waals surface area contributed by atoms with Crippen LogP contribution in [-0.2, 0) is 9.59 Å². The van der Waals surface area contributed by atoms with E-state index in [9.17, 15) is 19.6 Å². The Kier molecular flexibility index (Phi) is 5.46. The molecule has 0 amide bonds. The summed E-state index contributed by atoms with van der Waals surface area (Å²) < 4.78 is 1.39. The normalized spacial score (nSPS) is 44.5. The summed E-state index contributed by atoms with van der Waals surface area (Å²) in [6, 6.07) is 2.16. The zero-order valence-corrected chi connectivity index (χ0v) is 24.1. The van der Waals surface area contributed by atoms with Gasteiger partial charge in [0.15, 0.2) is 11.6 Å². The van der Waals surface area contributed by atoms with Crippen molar-refractivity contribution in [2.45, 2.75) is 86.5 Å². The third-order valence-corrected chi connectivity index (χ3v) is 12.7. The number of nitrogens with zero attached hydrogens (tertiary/aromatic N) is 4. The van der Waals surface area contributed by atoms with E-state index in [2.05, 4.69) is 50.8 Å². The lowest BCUT2D eigenvalue weighted by molar-refractivity contribution is -0.145. The van der Waals surface area contributed by atoms with E-state index in [1.54, 1.807) is 0 Å². The van der Waals surface area contributed by atoms with Crippen LogP contribution in [0.15, 0.2) is 36.0 Å². The van der Waals surface area contributed by atoms with E-state index in [4.69, 9.17) is 0 Å². The summed E-state index contributed by atoms with van der Waals surface area (Å²) in [6.45, 7) is 13.1. The zero-order chi connectivity index (χ0) is 28.2. The van der Waals surface area contributed by atoms with Crippen molar-refractivity contribution in [2.24, 2.45) is 50.7 Å². The maximum atomic E-state index is 14.4. The molecule has 6 rings (SSSR count). The van der Waals surface area contributed by atoms with E-state index < -0.39 is 10.8 Å². The van der Waals surface area contributed by atoms with Crippen molar-refractivity contribution in [2.75, 3.05) is 0 Å². The van der Waals surface area contributed by atoms with Crippen LogP contribution >= 0.6 is 0 Å². The van der Waals surface area contributed by atoms with Gasteiger partial charge in [-0.25, -0.2) is 4.98 Å². The lowest BCUT2D eigenvalue weighted by atomic mass is 9.36. The first-order valence-electron chi connectivity index (χ1n) is 14.6. The number of nitriles is 1. The fraction of sp³-hybridized carbons (Fsp3) is 0.688. The summed E-state index contributed by atoms with van der Waals surface area (Å²) in [7, 11) is 0. The van der Waals surface area contributed by atoms with Gasteiger partial charge in [0.05, 0.1) is 11.0 Å². The highest BCUT2D eigenvalue weighted by Gasteiger charge is 2.68. The number of aromatic nitrogens is 3. The second-order valence-electron chi connectivity index (χ2n) is 14.7. The van der Waals surface area contributed by atoms with Crippen LogP contribution in [0.5, 0.6) is 0 Å². The maximum absolute atomic E-state index is 14.4. The summed E-state index contributed by atoms with van der Waals surface area (Å²) in [5.41, 5.74) is -0.426. The Morgan fingerprint density at radius 1 is 1.05 bits per heavy atom. The minimum absolute atomic E-state index is 0.0175. The molecule has 8 atom stereocenters. The van der Waals surface area contributed by atoms with Gasteiger partial charge in [0.1, 0.15) is 18.7 Å². The average Bonchev–Trinajstić information content (AvgIpc) is 3.44. The van der Waals surface area contributed by atoms with Crippen LogP contribution in [-0.4, -0.2) is 32.2 Å². The molecule has 3 fully saturated rings. The molecule has 0 spiro atoms. The average molecular weight is 529 g/mol. The number of carbonyl (C=O) groups excluding carboxylic acids is 3. The second kappa shape index (κ2) is 8.08. The molecule has 0 aliphatic heterocycles. The number of fused-ring (bicyclic) bond motifs is 7. The first kappa shape index (κ1) is 26.3. The first-order chi connectivity index (χ1) is 18.2. The molecule has 5 aliphatic rings. The third-order valence-electron chi connectivity index (χ3n) is 12.7. The van der Waals surface area contributed by atoms with Gasteiger partial charge >= 0.3 is 0 Å². The van der Waals surface area contributed by atoms with Gasteiger partial charge in [-0.1, -0.05) is 53.2 Å². The number of allylic oxidation sites excluding steroid dienone is 4. The highest BCUT2D eigenvalue weighted by molar-refractivity contribution is 6.03. The number of ketones is 2. The summed E-state index contributed by atoms with van der Waals surface area (Å²) >= 11 is 0. The Hall–Kier alpha value is -2.88. The van der Waals surface area contributed by atoms with Gasteiger partial charge in [0.2, 0.25) is 0 Å². The molecular formula is C32H40N4O3. The van der Waals surface area contributed by atoms with Crippen molar-refractivity contribution in [3.05, 3.63) is 36.0 Å². The second-order valence-corrected chi connectivity index (χ2v) is 14.7. The van der Waals surface area contributed by atoms with Crippen LogP contribution in [0, 0.1) is 62.1 Å². The largest absolute Gasteiger partial charge is 0.295 e. The van der Waals surface area contributed by atoms with Crippen molar-refractivity contribution in [1.29, 1.82) is 5.26 Å². The minimum atomic E-state index is -0.617. The van der Waals surface area contributed by atoms with E-state index in [1.165, 1.54) is 17.3 Å². The Morgan fingerprint density at radius 2 is 1.79 bits per heavy atom. The molecule has 1 aromatic heterocycles. The van der Waals surface area contributed by atoms with Gasteiger partial charge in [-0.15, -0.1) is 0 Å². The molecule has 206 valence electrons. The van der Waals surface area contributed by atoms with Crippen LogP contribution < -0.4 is 0 Å². The predicted molar refractivity (Wildman–Crippen MR) is 145 cm³/mol. The van der Waals surface area contributed by atoms with Crippen LogP contribution in [0.4, 0.5) is 0 Å². The van der Waals surface area contributed by atoms with Gasteiger partial charge < -0.3 is 0 Å². The quantitative estimate of drug-likeness (QED) is 0.460. The number of carbonyl (C=O) groups is 3. The Bertz CT molecular complexity index is 1380. The van der Waals surface area contributed by atoms with Crippen LogP contribution in [0.25, 0.3) is 0 Å². The van der Waals surface area contributed by atoms with E-state index in [1.807, 2.05) is 19.1 Å². The molecule has 0 saturated heterocycles. The summed E-state index contributed by atoms with van der Waals surface area (Å²) in [5.74, 6) is -0.442. The van der Waals surface area contributed by atoms with Crippen LogP contribution in [0.2, 0.25) is 0 Å². The monoisotopic (exact) mass is 528 g/mol. The maximum Gasteiger partial charge on any atom is 0.254 e. The highest BCUT2D eigenvalue weighted by atomic mass is 16.2. The van der Waals surface area contributed by atoms with E-state index in [0.717, 1.165) is 50.5 Å². The zero-order valence-electron chi connectivity index (χ0n) is 24.1. The van der Waals surface area contributed by atoms with Crippen molar-refractivity contribution in [3.63, 3.8) is 0 Å². The minimum Gasteiger partial charge on any atom is -0.295 e. The smallest absolute Gasteiger partial charge is 0.254 e. The van der Waals surface area contributed by atoms with Crippen molar-refractivity contribution < 1.29 is 14.4 Å². The number of hydrogen-bond acceptors (Lipinski definition) is 6. The van der Waals surface area contributed by atoms with Crippen molar-refractivity contribution in [3.8, 4) is 6.07 Å². The SMILES string of the molecule is C[C@H]1C(=O)C(C#N)=C[C@]2(C)C3=CC(=O)C4C5CC(C)(C)CC[C@]5(C(=O)n5cncn5)CCC4[C@]3(C)CCC12C. The first-order valence-corrected chi connectivity index (χ1v) is 14.6. The molecule has 4 unspecified atom stereocenters. The summed E-state index contributed by atoms with van der Waals surface area (Å²) in [6.07, 6.45) is 12.5. The van der Waals surface area contributed by atoms with E-state index >= 15 is 0 Å². The molecule has 1 heterocycles.